The van der Waals surface area contributed by atoms with E-state index in [0.717, 1.165) is 44.5 Å². The fourth-order valence-electron chi connectivity index (χ4n) is 2.95. The molecule has 0 spiro atoms. The molecule has 5 heteroatoms. The summed E-state index contributed by atoms with van der Waals surface area (Å²) >= 11 is 0. The number of piperidine rings is 1. The number of carbonyl (C=O) groups excluding carboxylic acids is 2. The van der Waals surface area contributed by atoms with E-state index in [9.17, 15) is 9.59 Å². The summed E-state index contributed by atoms with van der Waals surface area (Å²) in [5.74, 6) is 1.93. The number of rotatable bonds is 3. The zero-order valence-corrected chi connectivity index (χ0v) is 12.6. The van der Waals surface area contributed by atoms with Crippen LogP contribution in [-0.2, 0) is 4.79 Å². The zero-order valence-electron chi connectivity index (χ0n) is 12.6. The van der Waals surface area contributed by atoms with Crippen LogP contribution in [0.5, 0.6) is 0 Å². The predicted molar refractivity (Wildman–Crippen MR) is 78.0 cm³/mol. The molecular weight excluding hydrogens is 268 g/mol. The van der Waals surface area contributed by atoms with Crippen molar-refractivity contribution < 1.29 is 14.0 Å². The molecule has 1 aliphatic heterocycles. The summed E-state index contributed by atoms with van der Waals surface area (Å²) in [4.78, 5) is 26.2. The largest absolute Gasteiger partial charge is 0.466 e. The summed E-state index contributed by atoms with van der Waals surface area (Å²) in [7, 11) is 0. The second-order valence-corrected chi connectivity index (χ2v) is 6.17. The number of aryl methyl sites for hydroxylation is 2. The Balaban J connectivity index is 1.52. The third-order valence-corrected chi connectivity index (χ3v) is 4.35. The molecule has 0 atom stereocenters. The van der Waals surface area contributed by atoms with E-state index < -0.39 is 0 Å². The molecule has 5 nitrogen and oxygen atoms in total. The molecule has 1 aromatic rings. The molecule has 2 amide bonds. The molecule has 2 heterocycles. The van der Waals surface area contributed by atoms with Crippen LogP contribution < -0.4 is 5.32 Å². The van der Waals surface area contributed by atoms with E-state index in [0.29, 0.717) is 17.2 Å². The highest BCUT2D eigenvalue weighted by Crippen LogP contribution is 2.31. The van der Waals surface area contributed by atoms with Crippen LogP contribution in [-0.4, -0.2) is 35.8 Å². The van der Waals surface area contributed by atoms with Gasteiger partial charge in [0.2, 0.25) is 5.91 Å². The predicted octanol–water partition coefficient (Wildman–Crippen LogP) is 2.03. The van der Waals surface area contributed by atoms with E-state index in [4.69, 9.17) is 4.42 Å². The van der Waals surface area contributed by atoms with Gasteiger partial charge in [-0.05, 0) is 45.6 Å². The minimum Gasteiger partial charge on any atom is -0.466 e. The molecule has 1 N–H and O–H groups in total. The number of likely N-dealkylation sites (tertiary alicyclic amines) is 1. The van der Waals surface area contributed by atoms with Crippen molar-refractivity contribution in [2.24, 2.45) is 5.92 Å². The lowest BCUT2D eigenvalue weighted by Gasteiger charge is -2.32. The molecule has 2 fully saturated rings. The highest BCUT2D eigenvalue weighted by Gasteiger charge is 2.35. The summed E-state index contributed by atoms with van der Waals surface area (Å²) in [6, 6.07) is 1.92. The van der Waals surface area contributed by atoms with Crippen molar-refractivity contribution >= 4 is 11.8 Å². The topological polar surface area (TPSA) is 62.6 Å². The molecular formula is C16H22N2O3. The number of furan rings is 1. The SMILES string of the molecule is Cc1cc(C(=O)NC2CCN(C(=O)C3CC3)CC2)c(C)o1. The summed E-state index contributed by atoms with van der Waals surface area (Å²) in [5, 5.41) is 3.06. The molecule has 0 radical (unpaired) electrons. The maximum atomic E-state index is 12.2. The van der Waals surface area contributed by atoms with Gasteiger partial charge in [-0.3, -0.25) is 9.59 Å². The lowest BCUT2D eigenvalue weighted by Crippen LogP contribution is -2.47. The second kappa shape index (κ2) is 5.54. The van der Waals surface area contributed by atoms with Crippen molar-refractivity contribution in [1.29, 1.82) is 0 Å². The Morgan fingerprint density at radius 2 is 1.86 bits per heavy atom. The van der Waals surface area contributed by atoms with Gasteiger partial charge in [-0.25, -0.2) is 0 Å². The summed E-state index contributed by atoms with van der Waals surface area (Å²) < 4.78 is 5.39. The highest BCUT2D eigenvalue weighted by atomic mass is 16.3. The van der Waals surface area contributed by atoms with Crippen LogP contribution in [0.15, 0.2) is 10.5 Å². The van der Waals surface area contributed by atoms with Crippen LogP contribution in [0.25, 0.3) is 0 Å². The van der Waals surface area contributed by atoms with Gasteiger partial charge in [0.25, 0.3) is 5.91 Å². The van der Waals surface area contributed by atoms with Crippen LogP contribution in [0, 0.1) is 19.8 Å². The van der Waals surface area contributed by atoms with Crippen LogP contribution >= 0.6 is 0 Å². The monoisotopic (exact) mass is 290 g/mol. The van der Waals surface area contributed by atoms with Gasteiger partial charge in [0.1, 0.15) is 11.5 Å². The van der Waals surface area contributed by atoms with E-state index in [1.807, 2.05) is 11.8 Å². The number of hydrogen-bond acceptors (Lipinski definition) is 3. The normalized spacial score (nSPS) is 19.6. The minimum atomic E-state index is -0.0729. The molecule has 1 saturated carbocycles. The van der Waals surface area contributed by atoms with Gasteiger partial charge in [0, 0.05) is 25.0 Å². The van der Waals surface area contributed by atoms with Crippen LogP contribution in [0.4, 0.5) is 0 Å². The van der Waals surface area contributed by atoms with Crippen molar-refractivity contribution in [2.75, 3.05) is 13.1 Å². The lowest BCUT2D eigenvalue weighted by molar-refractivity contribution is -0.133. The zero-order chi connectivity index (χ0) is 15.0. The molecule has 21 heavy (non-hydrogen) atoms. The first-order chi connectivity index (χ1) is 10.0. The molecule has 1 aliphatic carbocycles. The summed E-state index contributed by atoms with van der Waals surface area (Å²) in [6.45, 7) is 5.15. The third-order valence-electron chi connectivity index (χ3n) is 4.35. The fraction of sp³-hybridized carbons (Fsp3) is 0.625. The second-order valence-electron chi connectivity index (χ2n) is 6.17. The van der Waals surface area contributed by atoms with E-state index in [-0.39, 0.29) is 17.9 Å². The van der Waals surface area contributed by atoms with Gasteiger partial charge in [0.05, 0.1) is 5.56 Å². The lowest BCUT2D eigenvalue weighted by atomic mass is 10.0. The molecule has 0 unspecified atom stereocenters. The first kappa shape index (κ1) is 14.2. The van der Waals surface area contributed by atoms with Crippen molar-refractivity contribution in [1.82, 2.24) is 10.2 Å². The molecule has 114 valence electrons. The van der Waals surface area contributed by atoms with Crippen LogP contribution in [0.1, 0.15) is 47.6 Å². The van der Waals surface area contributed by atoms with E-state index in [1.54, 1.807) is 13.0 Å². The Bertz CT molecular complexity index is 552. The van der Waals surface area contributed by atoms with Gasteiger partial charge >= 0.3 is 0 Å². The Kier molecular flexibility index (Phi) is 3.74. The van der Waals surface area contributed by atoms with Crippen molar-refractivity contribution in [2.45, 2.75) is 45.6 Å². The Hall–Kier alpha value is -1.78. The summed E-state index contributed by atoms with van der Waals surface area (Å²) in [6.07, 6.45) is 3.77. The fourth-order valence-corrected chi connectivity index (χ4v) is 2.95. The molecule has 1 aromatic heterocycles. The van der Waals surface area contributed by atoms with Crippen molar-refractivity contribution in [3.63, 3.8) is 0 Å². The standard InChI is InChI=1S/C16H22N2O3/c1-10-9-14(11(2)21-10)15(19)17-13-5-7-18(8-6-13)16(20)12-3-4-12/h9,12-13H,3-8H2,1-2H3,(H,17,19). The van der Waals surface area contributed by atoms with E-state index in [2.05, 4.69) is 5.32 Å². The first-order valence-corrected chi connectivity index (χ1v) is 7.71. The smallest absolute Gasteiger partial charge is 0.255 e. The molecule has 3 rings (SSSR count). The maximum Gasteiger partial charge on any atom is 0.255 e. The first-order valence-electron chi connectivity index (χ1n) is 7.71. The summed E-state index contributed by atoms with van der Waals surface area (Å²) in [5.41, 5.74) is 0.615. The quantitative estimate of drug-likeness (QED) is 0.926. The molecule has 0 bridgehead atoms. The van der Waals surface area contributed by atoms with Gasteiger partial charge in [-0.1, -0.05) is 0 Å². The number of carbonyl (C=O) groups is 2. The number of amides is 2. The Morgan fingerprint density at radius 3 is 2.38 bits per heavy atom. The number of hydrogen-bond donors (Lipinski definition) is 1. The Labute approximate surface area is 124 Å². The van der Waals surface area contributed by atoms with Gasteiger partial charge in [-0.2, -0.15) is 0 Å². The van der Waals surface area contributed by atoms with Crippen molar-refractivity contribution in [3.8, 4) is 0 Å². The average Bonchev–Trinajstić information content (AvgIpc) is 3.24. The average molecular weight is 290 g/mol. The van der Waals surface area contributed by atoms with E-state index >= 15 is 0 Å². The third kappa shape index (κ3) is 3.12. The van der Waals surface area contributed by atoms with E-state index in [1.165, 1.54) is 0 Å². The number of nitrogens with zero attached hydrogens (tertiary/aromatic N) is 1. The van der Waals surface area contributed by atoms with Crippen LogP contribution in [0.3, 0.4) is 0 Å². The highest BCUT2D eigenvalue weighted by molar-refractivity contribution is 5.95. The molecule has 2 aliphatic rings. The van der Waals surface area contributed by atoms with Gasteiger partial charge < -0.3 is 14.6 Å². The van der Waals surface area contributed by atoms with Gasteiger partial charge in [0.15, 0.2) is 0 Å². The minimum absolute atomic E-state index is 0.0729. The number of nitrogens with one attached hydrogen (secondary N) is 1. The molecule has 0 aromatic carbocycles. The molecule has 1 saturated heterocycles. The Morgan fingerprint density at radius 1 is 1.19 bits per heavy atom. The maximum absolute atomic E-state index is 12.2. The van der Waals surface area contributed by atoms with Gasteiger partial charge in [-0.15, -0.1) is 0 Å². The van der Waals surface area contributed by atoms with Crippen LogP contribution in [0.2, 0.25) is 0 Å². The van der Waals surface area contributed by atoms with Crippen molar-refractivity contribution in [3.05, 3.63) is 23.2 Å².